The number of para-hydroxylation sites is 2. The zero-order valence-electron chi connectivity index (χ0n) is 14.4. The number of hydrogen-bond donors (Lipinski definition) is 2. The number of benzene rings is 2. The summed E-state index contributed by atoms with van der Waals surface area (Å²) in [5, 5.41) is 7.15. The number of hydrogen-bond acceptors (Lipinski definition) is 3. The van der Waals surface area contributed by atoms with E-state index < -0.39 is 0 Å². The van der Waals surface area contributed by atoms with E-state index in [2.05, 4.69) is 58.6 Å². The summed E-state index contributed by atoms with van der Waals surface area (Å²) < 4.78 is 1.01. The van der Waals surface area contributed by atoms with Crippen molar-refractivity contribution in [1.82, 2.24) is 0 Å². The molecule has 0 bridgehead atoms. The molecule has 0 spiro atoms. The van der Waals surface area contributed by atoms with Gasteiger partial charge in [-0.25, -0.2) is 0 Å². The minimum absolute atomic E-state index is 0.0271. The van der Waals surface area contributed by atoms with Gasteiger partial charge in [0, 0.05) is 22.2 Å². The summed E-state index contributed by atoms with van der Waals surface area (Å²) in [6.45, 7) is 4.32. The highest BCUT2D eigenvalue weighted by atomic mass is 79.9. The molecule has 1 atom stereocenters. The number of halogens is 1. The predicted octanol–water partition coefficient (Wildman–Crippen LogP) is 5.67. The van der Waals surface area contributed by atoms with E-state index in [0.29, 0.717) is 6.42 Å². The number of carbonyl (C=O) groups is 1. The number of anilines is 2. The summed E-state index contributed by atoms with van der Waals surface area (Å²) in [4.78, 5) is 13.1. The van der Waals surface area contributed by atoms with Crippen molar-refractivity contribution >= 4 is 33.1 Å². The normalized spacial score (nSPS) is 21.6. The summed E-state index contributed by atoms with van der Waals surface area (Å²) in [7, 11) is 0. The van der Waals surface area contributed by atoms with Gasteiger partial charge in [0.15, 0.2) is 5.78 Å². The first-order valence-corrected chi connectivity index (χ1v) is 9.37. The Bertz CT molecular complexity index is 885. The summed E-state index contributed by atoms with van der Waals surface area (Å²) in [5.74, 6) is 0.222. The van der Waals surface area contributed by atoms with Gasteiger partial charge < -0.3 is 10.6 Å². The monoisotopic (exact) mass is 396 g/mol. The number of Topliss-reactive ketones (excluding diaryl/α,β-unsaturated/α-hetero) is 1. The number of nitrogens with one attached hydrogen (secondary N) is 2. The standard InChI is InChI=1S/C21H21BrN2O/c1-21(2)11-17-19(18(25)12-21)20(13-7-3-4-8-14(13)22)24-16-10-6-5-9-15(16)23-17/h3-10,20,23-24H,11-12H2,1-2H3/t20-/m0/s1. The van der Waals surface area contributed by atoms with E-state index in [1.807, 2.05) is 30.3 Å². The van der Waals surface area contributed by atoms with Crippen LogP contribution in [0.4, 0.5) is 11.4 Å². The molecule has 0 unspecified atom stereocenters. The van der Waals surface area contributed by atoms with Gasteiger partial charge in [-0.1, -0.05) is 60.1 Å². The molecule has 2 N–H and O–H groups in total. The first kappa shape index (κ1) is 16.4. The molecule has 1 heterocycles. The fourth-order valence-electron chi connectivity index (χ4n) is 3.83. The average molecular weight is 397 g/mol. The third-order valence-corrected chi connectivity index (χ3v) is 5.66. The van der Waals surface area contributed by atoms with Crippen LogP contribution in [-0.2, 0) is 4.79 Å². The lowest BCUT2D eigenvalue weighted by Crippen LogP contribution is -2.31. The van der Waals surface area contributed by atoms with Gasteiger partial charge in [0.1, 0.15) is 0 Å². The second-order valence-electron chi connectivity index (χ2n) is 7.60. The Morgan fingerprint density at radius 1 is 1.00 bits per heavy atom. The third kappa shape index (κ3) is 2.99. The summed E-state index contributed by atoms with van der Waals surface area (Å²) in [6, 6.07) is 16.1. The largest absolute Gasteiger partial charge is 0.372 e. The van der Waals surface area contributed by atoms with E-state index in [-0.39, 0.29) is 17.2 Å². The van der Waals surface area contributed by atoms with E-state index in [4.69, 9.17) is 0 Å². The average Bonchev–Trinajstić information content (AvgIpc) is 2.70. The van der Waals surface area contributed by atoms with Crippen molar-refractivity contribution in [1.29, 1.82) is 0 Å². The molecular weight excluding hydrogens is 376 g/mol. The van der Waals surface area contributed by atoms with Crippen LogP contribution >= 0.6 is 15.9 Å². The van der Waals surface area contributed by atoms with Crippen molar-refractivity contribution in [2.45, 2.75) is 32.7 Å². The molecule has 0 aromatic heterocycles. The summed E-state index contributed by atoms with van der Waals surface area (Å²) >= 11 is 3.66. The van der Waals surface area contributed by atoms with E-state index in [9.17, 15) is 4.79 Å². The van der Waals surface area contributed by atoms with E-state index in [1.54, 1.807) is 0 Å². The van der Waals surface area contributed by atoms with Crippen molar-refractivity contribution in [3.63, 3.8) is 0 Å². The molecule has 1 aliphatic carbocycles. The minimum atomic E-state index is -0.162. The van der Waals surface area contributed by atoms with Gasteiger partial charge in [-0.05, 0) is 35.6 Å². The molecule has 0 saturated carbocycles. The number of ketones is 1. The Hall–Kier alpha value is -2.07. The molecule has 4 rings (SSSR count). The Labute approximate surface area is 156 Å². The Morgan fingerprint density at radius 3 is 2.44 bits per heavy atom. The Kier molecular flexibility index (Phi) is 3.95. The fraction of sp³-hybridized carbons (Fsp3) is 0.286. The van der Waals surface area contributed by atoms with Crippen LogP contribution in [0.3, 0.4) is 0 Å². The molecule has 0 amide bonds. The lowest BCUT2D eigenvalue weighted by Gasteiger charge is -2.34. The number of allylic oxidation sites excluding steroid dienone is 1. The topological polar surface area (TPSA) is 41.1 Å². The highest BCUT2D eigenvalue weighted by molar-refractivity contribution is 9.10. The third-order valence-electron chi connectivity index (χ3n) is 4.94. The van der Waals surface area contributed by atoms with Crippen molar-refractivity contribution in [2.75, 3.05) is 10.6 Å². The van der Waals surface area contributed by atoms with Crippen LogP contribution in [0.15, 0.2) is 64.3 Å². The van der Waals surface area contributed by atoms with Gasteiger partial charge in [-0.15, -0.1) is 0 Å². The van der Waals surface area contributed by atoms with E-state index in [0.717, 1.165) is 39.1 Å². The second kappa shape index (κ2) is 6.03. The van der Waals surface area contributed by atoms with Gasteiger partial charge in [0.25, 0.3) is 0 Å². The van der Waals surface area contributed by atoms with Crippen LogP contribution in [-0.4, -0.2) is 5.78 Å². The first-order valence-electron chi connectivity index (χ1n) is 8.58. The van der Waals surface area contributed by atoms with E-state index >= 15 is 0 Å². The zero-order valence-corrected chi connectivity index (χ0v) is 16.0. The predicted molar refractivity (Wildman–Crippen MR) is 106 cm³/mol. The van der Waals surface area contributed by atoms with Crippen LogP contribution < -0.4 is 10.6 Å². The number of rotatable bonds is 1. The Balaban J connectivity index is 1.92. The van der Waals surface area contributed by atoms with Crippen LogP contribution in [0, 0.1) is 5.41 Å². The molecule has 2 aromatic carbocycles. The van der Waals surface area contributed by atoms with Crippen LogP contribution in [0.25, 0.3) is 0 Å². The number of carbonyl (C=O) groups excluding carboxylic acids is 1. The summed E-state index contributed by atoms with van der Waals surface area (Å²) in [6.07, 6.45) is 1.44. The molecule has 2 aliphatic rings. The molecule has 1 aliphatic heterocycles. The maximum absolute atomic E-state index is 13.1. The van der Waals surface area contributed by atoms with Crippen molar-refractivity contribution < 1.29 is 4.79 Å². The van der Waals surface area contributed by atoms with Crippen LogP contribution in [0.5, 0.6) is 0 Å². The molecule has 25 heavy (non-hydrogen) atoms. The fourth-order valence-corrected chi connectivity index (χ4v) is 4.35. The smallest absolute Gasteiger partial charge is 0.163 e. The molecule has 3 nitrogen and oxygen atoms in total. The van der Waals surface area contributed by atoms with Crippen molar-refractivity contribution in [3.8, 4) is 0 Å². The minimum Gasteiger partial charge on any atom is -0.372 e. The molecule has 0 radical (unpaired) electrons. The van der Waals surface area contributed by atoms with Gasteiger partial charge in [0.2, 0.25) is 0 Å². The van der Waals surface area contributed by atoms with Crippen molar-refractivity contribution in [3.05, 3.63) is 69.8 Å². The first-order chi connectivity index (χ1) is 11.9. The highest BCUT2D eigenvalue weighted by Gasteiger charge is 2.38. The van der Waals surface area contributed by atoms with Gasteiger partial charge in [0.05, 0.1) is 17.4 Å². The van der Waals surface area contributed by atoms with E-state index in [1.165, 1.54) is 0 Å². The Morgan fingerprint density at radius 2 is 1.68 bits per heavy atom. The van der Waals surface area contributed by atoms with Gasteiger partial charge in [-0.2, -0.15) is 0 Å². The van der Waals surface area contributed by atoms with Gasteiger partial charge in [-0.3, -0.25) is 4.79 Å². The number of fused-ring (bicyclic) bond motifs is 1. The maximum Gasteiger partial charge on any atom is 0.163 e. The lowest BCUT2D eigenvalue weighted by atomic mass is 9.73. The molecular formula is C21H21BrN2O. The van der Waals surface area contributed by atoms with Crippen molar-refractivity contribution in [2.24, 2.45) is 5.41 Å². The molecule has 0 fully saturated rings. The SMILES string of the molecule is CC1(C)CC(=O)C2=C(C1)Nc1ccccc1N[C@H]2c1ccccc1Br. The quantitative estimate of drug-likeness (QED) is 0.651. The lowest BCUT2D eigenvalue weighted by molar-refractivity contribution is -0.118. The molecule has 128 valence electrons. The van der Waals surface area contributed by atoms with Crippen LogP contribution in [0.1, 0.15) is 38.3 Å². The zero-order chi connectivity index (χ0) is 17.6. The second-order valence-corrected chi connectivity index (χ2v) is 8.46. The molecule has 0 saturated heterocycles. The molecule has 4 heteroatoms. The van der Waals surface area contributed by atoms with Crippen LogP contribution in [0.2, 0.25) is 0 Å². The van der Waals surface area contributed by atoms with Gasteiger partial charge >= 0.3 is 0 Å². The summed E-state index contributed by atoms with van der Waals surface area (Å²) in [5.41, 5.74) is 5.00. The maximum atomic E-state index is 13.1. The molecule has 2 aromatic rings. The highest BCUT2D eigenvalue weighted by Crippen LogP contribution is 2.46.